The van der Waals surface area contributed by atoms with Gasteiger partial charge in [-0.15, -0.1) is 0 Å². The first-order valence-corrected chi connectivity index (χ1v) is 7.36. The number of aliphatic hydroxyl groups is 1. The van der Waals surface area contributed by atoms with Gasteiger partial charge in [-0.25, -0.2) is 0 Å². The summed E-state index contributed by atoms with van der Waals surface area (Å²) >= 11 is 0. The lowest BCUT2D eigenvalue weighted by molar-refractivity contribution is 0.124. The van der Waals surface area contributed by atoms with Crippen molar-refractivity contribution in [1.82, 2.24) is 4.90 Å². The molecule has 0 aliphatic carbocycles. The summed E-state index contributed by atoms with van der Waals surface area (Å²) in [5, 5.41) is 10.2. The maximum absolute atomic E-state index is 10.2. The van der Waals surface area contributed by atoms with Crippen molar-refractivity contribution in [3.05, 3.63) is 35.4 Å². The molecule has 0 aliphatic heterocycles. The summed E-state index contributed by atoms with van der Waals surface area (Å²) in [7, 11) is 2.08. The average Bonchev–Trinajstić information content (AvgIpc) is 2.36. The highest BCUT2D eigenvalue weighted by Gasteiger charge is 2.11. The number of aliphatic hydroxyl groups excluding tert-OH is 1. The molecule has 1 aromatic carbocycles. The average molecular weight is 263 g/mol. The van der Waals surface area contributed by atoms with E-state index in [2.05, 4.69) is 63.9 Å². The van der Waals surface area contributed by atoms with E-state index in [0.717, 1.165) is 12.1 Å². The molecule has 108 valence electrons. The van der Waals surface area contributed by atoms with Crippen molar-refractivity contribution in [2.24, 2.45) is 5.92 Å². The lowest BCUT2D eigenvalue weighted by atomic mass is 10.00. The van der Waals surface area contributed by atoms with Gasteiger partial charge >= 0.3 is 0 Å². The Morgan fingerprint density at radius 3 is 2.00 bits per heavy atom. The molecule has 1 atom stereocenters. The van der Waals surface area contributed by atoms with Crippen LogP contribution in [-0.4, -0.2) is 30.1 Å². The minimum absolute atomic E-state index is 0.390. The molecule has 2 nitrogen and oxygen atoms in total. The Bertz CT molecular complexity index is 356. The van der Waals surface area contributed by atoms with Crippen LogP contribution in [0.25, 0.3) is 0 Å². The van der Waals surface area contributed by atoms with Crippen LogP contribution in [0.3, 0.4) is 0 Å². The van der Waals surface area contributed by atoms with Crippen molar-refractivity contribution in [3.63, 3.8) is 0 Å². The van der Waals surface area contributed by atoms with Gasteiger partial charge in [-0.3, -0.25) is 0 Å². The van der Waals surface area contributed by atoms with E-state index in [1.165, 1.54) is 12.0 Å². The monoisotopic (exact) mass is 263 g/mol. The highest BCUT2D eigenvalue weighted by Crippen LogP contribution is 2.19. The van der Waals surface area contributed by atoms with Gasteiger partial charge in [0.15, 0.2) is 0 Å². The first-order chi connectivity index (χ1) is 8.90. The summed E-state index contributed by atoms with van der Waals surface area (Å²) < 4.78 is 0. The molecular weight excluding hydrogens is 234 g/mol. The van der Waals surface area contributed by atoms with Crippen molar-refractivity contribution >= 4 is 0 Å². The highest BCUT2D eigenvalue weighted by atomic mass is 16.3. The first-order valence-electron chi connectivity index (χ1n) is 7.36. The van der Waals surface area contributed by atoms with E-state index < -0.39 is 6.10 Å². The van der Waals surface area contributed by atoms with Crippen molar-refractivity contribution in [3.8, 4) is 0 Å². The van der Waals surface area contributed by atoms with Gasteiger partial charge in [0.05, 0.1) is 6.10 Å². The molecule has 0 spiro atoms. The lowest BCUT2D eigenvalue weighted by Gasteiger charge is -2.22. The first kappa shape index (κ1) is 16.2. The Hall–Kier alpha value is -0.860. The van der Waals surface area contributed by atoms with E-state index in [-0.39, 0.29) is 0 Å². The molecule has 0 bridgehead atoms. The molecule has 0 amide bonds. The minimum Gasteiger partial charge on any atom is -0.387 e. The van der Waals surface area contributed by atoms with Crippen LogP contribution in [0.1, 0.15) is 57.3 Å². The van der Waals surface area contributed by atoms with Gasteiger partial charge in [0.25, 0.3) is 0 Å². The van der Waals surface area contributed by atoms with E-state index in [1.54, 1.807) is 0 Å². The lowest BCUT2D eigenvalue weighted by Crippen LogP contribution is -2.26. The van der Waals surface area contributed by atoms with Gasteiger partial charge < -0.3 is 10.0 Å². The van der Waals surface area contributed by atoms with Gasteiger partial charge in [0.1, 0.15) is 0 Å². The summed E-state index contributed by atoms with van der Waals surface area (Å²) in [6, 6.07) is 8.35. The molecule has 1 rings (SSSR count). The summed E-state index contributed by atoms with van der Waals surface area (Å²) in [4.78, 5) is 2.21. The Labute approximate surface area is 118 Å². The second-order valence-corrected chi connectivity index (χ2v) is 6.28. The fraction of sp³-hybridized carbons (Fsp3) is 0.647. The van der Waals surface area contributed by atoms with Crippen LogP contribution in [0.5, 0.6) is 0 Å². The van der Waals surface area contributed by atoms with Crippen LogP contribution in [0.15, 0.2) is 24.3 Å². The zero-order valence-electron chi connectivity index (χ0n) is 13.1. The summed E-state index contributed by atoms with van der Waals surface area (Å²) in [6.45, 7) is 10.6. The molecule has 0 aliphatic rings. The molecule has 0 radical (unpaired) electrons. The third-order valence-corrected chi connectivity index (χ3v) is 3.56. The smallest absolute Gasteiger partial charge is 0.0916 e. The number of hydrogen-bond donors (Lipinski definition) is 1. The molecule has 0 saturated carbocycles. The fourth-order valence-corrected chi connectivity index (χ4v) is 2.07. The molecule has 0 fully saturated rings. The predicted octanol–water partition coefficient (Wildman–Crippen LogP) is 3.82. The number of rotatable bonds is 7. The summed E-state index contributed by atoms with van der Waals surface area (Å²) in [5.41, 5.74) is 2.34. The molecule has 1 N–H and O–H groups in total. The Balaban J connectivity index is 2.50. The molecule has 2 heteroatoms. The predicted molar refractivity (Wildman–Crippen MR) is 82.4 cm³/mol. The van der Waals surface area contributed by atoms with Crippen molar-refractivity contribution in [2.75, 3.05) is 20.1 Å². The van der Waals surface area contributed by atoms with Crippen LogP contribution in [0.4, 0.5) is 0 Å². The second kappa shape index (κ2) is 7.66. The van der Waals surface area contributed by atoms with Gasteiger partial charge in [-0.1, -0.05) is 52.0 Å². The SMILES string of the molecule is CC(C)CCN(C)CC(O)c1ccc(C(C)C)cc1. The minimum atomic E-state index is -0.390. The maximum Gasteiger partial charge on any atom is 0.0916 e. The van der Waals surface area contributed by atoms with E-state index in [4.69, 9.17) is 0 Å². The normalized spacial score (nSPS) is 13.5. The topological polar surface area (TPSA) is 23.5 Å². The van der Waals surface area contributed by atoms with Crippen LogP contribution in [-0.2, 0) is 0 Å². The standard InChI is InChI=1S/C17H29NO/c1-13(2)10-11-18(5)12-17(19)16-8-6-15(7-9-16)14(3)4/h6-9,13-14,17,19H,10-12H2,1-5H3. The highest BCUT2D eigenvalue weighted by molar-refractivity contribution is 5.26. The quantitative estimate of drug-likeness (QED) is 0.808. The van der Waals surface area contributed by atoms with E-state index in [0.29, 0.717) is 18.4 Å². The molecule has 1 aromatic rings. The Morgan fingerprint density at radius 2 is 1.53 bits per heavy atom. The summed E-state index contributed by atoms with van der Waals surface area (Å²) in [5.74, 6) is 1.25. The van der Waals surface area contributed by atoms with Gasteiger partial charge in [-0.05, 0) is 43.0 Å². The van der Waals surface area contributed by atoms with Gasteiger partial charge in [-0.2, -0.15) is 0 Å². The van der Waals surface area contributed by atoms with Crippen molar-refractivity contribution < 1.29 is 5.11 Å². The van der Waals surface area contributed by atoms with E-state index in [1.807, 2.05) is 0 Å². The summed E-state index contributed by atoms with van der Waals surface area (Å²) in [6.07, 6.45) is 0.786. The Morgan fingerprint density at radius 1 is 1.00 bits per heavy atom. The molecule has 0 heterocycles. The fourth-order valence-electron chi connectivity index (χ4n) is 2.07. The van der Waals surface area contributed by atoms with Crippen LogP contribution < -0.4 is 0 Å². The second-order valence-electron chi connectivity index (χ2n) is 6.28. The number of benzene rings is 1. The largest absolute Gasteiger partial charge is 0.387 e. The zero-order valence-corrected chi connectivity index (χ0v) is 13.1. The molecule has 19 heavy (non-hydrogen) atoms. The van der Waals surface area contributed by atoms with E-state index >= 15 is 0 Å². The van der Waals surface area contributed by atoms with Gasteiger partial charge in [0.2, 0.25) is 0 Å². The number of nitrogens with zero attached hydrogens (tertiary/aromatic N) is 1. The van der Waals surface area contributed by atoms with Crippen LogP contribution >= 0.6 is 0 Å². The third-order valence-electron chi connectivity index (χ3n) is 3.56. The maximum atomic E-state index is 10.2. The van der Waals surface area contributed by atoms with Crippen LogP contribution in [0.2, 0.25) is 0 Å². The van der Waals surface area contributed by atoms with Crippen molar-refractivity contribution in [1.29, 1.82) is 0 Å². The third kappa shape index (κ3) is 5.75. The molecule has 0 aromatic heterocycles. The zero-order chi connectivity index (χ0) is 14.4. The van der Waals surface area contributed by atoms with Crippen molar-refractivity contribution in [2.45, 2.75) is 46.1 Å². The van der Waals surface area contributed by atoms with E-state index in [9.17, 15) is 5.11 Å². The Kier molecular flexibility index (Phi) is 6.53. The van der Waals surface area contributed by atoms with Crippen LogP contribution in [0, 0.1) is 5.92 Å². The number of likely N-dealkylation sites (N-methyl/N-ethyl adjacent to an activating group) is 1. The molecule has 1 unspecified atom stereocenters. The van der Waals surface area contributed by atoms with Gasteiger partial charge in [0, 0.05) is 6.54 Å². The molecule has 0 saturated heterocycles. The molecular formula is C17H29NO. The number of hydrogen-bond acceptors (Lipinski definition) is 2.